The van der Waals surface area contributed by atoms with Crippen molar-refractivity contribution in [3.8, 4) is 0 Å². The predicted octanol–water partition coefficient (Wildman–Crippen LogP) is 2.94. The fourth-order valence-electron chi connectivity index (χ4n) is 2.61. The number of rotatable bonds is 5. The Hall–Kier alpha value is -0.940. The second-order valence-electron chi connectivity index (χ2n) is 5.67. The van der Waals surface area contributed by atoms with Crippen molar-refractivity contribution in [3.63, 3.8) is 0 Å². The zero-order valence-electron chi connectivity index (χ0n) is 12.4. The SMILES string of the molecule is Cc1cnc(C(C)NCC(=O)NC2CCCCCC2)s1. The molecule has 4 nitrogen and oxygen atoms in total. The molecule has 1 aromatic rings. The molecule has 20 heavy (non-hydrogen) atoms. The molecule has 0 spiro atoms. The van der Waals surface area contributed by atoms with Crippen molar-refractivity contribution in [2.24, 2.45) is 0 Å². The molecule has 0 radical (unpaired) electrons. The van der Waals surface area contributed by atoms with Crippen LogP contribution in [0.15, 0.2) is 6.20 Å². The third-order valence-electron chi connectivity index (χ3n) is 3.80. The minimum atomic E-state index is 0.108. The summed E-state index contributed by atoms with van der Waals surface area (Å²) in [6.45, 7) is 4.47. The van der Waals surface area contributed by atoms with E-state index in [1.165, 1.54) is 30.6 Å². The summed E-state index contributed by atoms with van der Waals surface area (Å²) in [5, 5.41) is 7.45. The van der Waals surface area contributed by atoms with E-state index in [1.54, 1.807) is 11.3 Å². The molecule has 1 atom stereocenters. The molecule has 0 saturated heterocycles. The standard InChI is InChI=1S/C15H25N3OS/c1-11-9-17-15(20-11)12(2)16-10-14(19)18-13-7-5-3-4-6-8-13/h9,12-13,16H,3-8,10H2,1-2H3,(H,18,19). The molecule has 1 fully saturated rings. The zero-order valence-corrected chi connectivity index (χ0v) is 13.3. The number of thiazole rings is 1. The Morgan fingerprint density at radius 3 is 2.70 bits per heavy atom. The van der Waals surface area contributed by atoms with Crippen molar-refractivity contribution in [3.05, 3.63) is 16.1 Å². The summed E-state index contributed by atoms with van der Waals surface area (Å²) in [6.07, 6.45) is 9.25. The summed E-state index contributed by atoms with van der Waals surface area (Å²) in [6, 6.07) is 0.512. The maximum absolute atomic E-state index is 12.0. The van der Waals surface area contributed by atoms with Gasteiger partial charge in [0, 0.05) is 17.1 Å². The first-order valence-electron chi connectivity index (χ1n) is 7.60. The van der Waals surface area contributed by atoms with Crippen molar-refractivity contribution in [1.82, 2.24) is 15.6 Å². The van der Waals surface area contributed by atoms with Crippen molar-refractivity contribution < 1.29 is 4.79 Å². The van der Waals surface area contributed by atoms with E-state index >= 15 is 0 Å². The Morgan fingerprint density at radius 1 is 1.40 bits per heavy atom. The van der Waals surface area contributed by atoms with Gasteiger partial charge >= 0.3 is 0 Å². The van der Waals surface area contributed by atoms with Gasteiger partial charge in [-0.3, -0.25) is 10.1 Å². The highest BCUT2D eigenvalue weighted by atomic mass is 32.1. The van der Waals surface area contributed by atoms with Gasteiger partial charge in [0.05, 0.1) is 12.6 Å². The minimum absolute atomic E-state index is 0.108. The first kappa shape index (κ1) is 15.4. The van der Waals surface area contributed by atoms with E-state index in [9.17, 15) is 4.79 Å². The molecule has 5 heteroatoms. The van der Waals surface area contributed by atoms with Crippen molar-refractivity contribution >= 4 is 17.2 Å². The van der Waals surface area contributed by atoms with E-state index in [4.69, 9.17) is 0 Å². The first-order valence-corrected chi connectivity index (χ1v) is 8.42. The lowest BCUT2D eigenvalue weighted by atomic mass is 10.1. The van der Waals surface area contributed by atoms with Crippen molar-refractivity contribution in [2.75, 3.05) is 6.54 Å². The Labute approximate surface area is 125 Å². The number of aromatic nitrogens is 1. The number of aryl methyl sites for hydroxylation is 1. The number of carbonyl (C=O) groups is 1. The third-order valence-corrected chi connectivity index (χ3v) is 4.89. The lowest BCUT2D eigenvalue weighted by Crippen LogP contribution is -2.40. The molecule has 0 aliphatic heterocycles. The molecule has 0 bridgehead atoms. The first-order chi connectivity index (χ1) is 9.65. The smallest absolute Gasteiger partial charge is 0.234 e. The highest BCUT2D eigenvalue weighted by molar-refractivity contribution is 7.11. The largest absolute Gasteiger partial charge is 0.352 e. The van der Waals surface area contributed by atoms with Crippen LogP contribution >= 0.6 is 11.3 Å². The van der Waals surface area contributed by atoms with Gasteiger partial charge < -0.3 is 5.32 Å². The van der Waals surface area contributed by atoms with E-state index in [1.807, 2.05) is 13.1 Å². The van der Waals surface area contributed by atoms with E-state index in [0.717, 1.165) is 17.8 Å². The van der Waals surface area contributed by atoms with Crippen LogP contribution in [0.1, 0.15) is 61.4 Å². The monoisotopic (exact) mass is 295 g/mol. The number of nitrogens with zero attached hydrogens (tertiary/aromatic N) is 1. The summed E-state index contributed by atoms with van der Waals surface area (Å²) in [5.41, 5.74) is 0. The lowest BCUT2D eigenvalue weighted by Gasteiger charge is -2.17. The zero-order chi connectivity index (χ0) is 14.4. The average molecular weight is 295 g/mol. The topological polar surface area (TPSA) is 54.0 Å². The number of carbonyl (C=O) groups excluding carboxylic acids is 1. The summed E-state index contributed by atoms with van der Waals surface area (Å²) < 4.78 is 0. The Bertz CT molecular complexity index is 425. The van der Waals surface area contributed by atoms with Gasteiger partial charge in [-0.25, -0.2) is 4.98 Å². The molecule has 2 rings (SSSR count). The molecule has 1 aromatic heterocycles. The van der Waals surface area contributed by atoms with E-state index < -0.39 is 0 Å². The summed E-state index contributed by atoms with van der Waals surface area (Å²) in [7, 11) is 0. The van der Waals surface area contributed by atoms with Gasteiger partial charge in [0.2, 0.25) is 5.91 Å². The molecular formula is C15H25N3OS. The number of hydrogen-bond acceptors (Lipinski definition) is 4. The fourth-order valence-corrected chi connectivity index (χ4v) is 3.41. The van der Waals surface area contributed by atoms with Crippen LogP contribution in [-0.4, -0.2) is 23.5 Å². The Kier molecular flexibility index (Phi) is 5.98. The number of hydrogen-bond donors (Lipinski definition) is 2. The molecule has 2 N–H and O–H groups in total. The number of nitrogens with one attached hydrogen (secondary N) is 2. The second-order valence-corrected chi connectivity index (χ2v) is 6.93. The third kappa shape index (κ3) is 4.87. The van der Waals surface area contributed by atoms with Gasteiger partial charge in [0.15, 0.2) is 0 Å². The van der Waals surface area contributed by atoms with Gasteiger partial charge in [0.1, 0.15) is 5.01 Å². The van der Waals surface area contributed by atoms with Gasteiger partial charge in [0.25, 0.3) is 0 Å². The van der Waals surface area contributed by atoms with Gasteiger partial charge in [-0.2, -0.15) is 0 Å². The molecule has 1 aliphatic carbocycles. The molecule has 0 aromatic carbocycles. The fraction of sp³-hybridized carbons (Fsp3) is 0.733. The summed E-state index contributed by atoms with van der Waals surface area (Å²) in [4.78, 5) is 17.5. The van der Waals surface area contributed by atoms with Crippen molar-refractivity contribution in [2.45, 2.75) is 64.5 Å². The van der Waals surface area contributed by atoms with Crippen LogP contribution in [0.2, 0.25) is 0 Å². The van der Waals surface area contributed by atoms with Gasteiger partial charge in [-0.1, -0.05) is 25.7 Å². The number of amides is 1. The normalized spacial score (nSPS) is 18.5. The molecule has 1 heterocycles. The lowest BCUT2D eigenvalue weighted by molar-refractivity contribution is -0.121. The van der Waals surface area contributed by atoms with Crippen LogP contribution in [0.3, 0.4) is 0 Å². The molecule has 1 saturated carbocycles. The molecule has 1 unspecified atom stereocenters. The van der Waals surface area contributed by atoms with Crippen LogP contribution < -0.4 is 10.6 Å². The van der Waals surface area contributed by atoms with E-state index in [2.05, 4.69) is 22.5 Å². The molecule has 112 valence electrons. The van der Waals surface area contributed by atoms with Crippen molar-refractivity contribution in [1.29, 1.82) is 0 Å². The average Bonchev–Trinajstić information content (AvgIpc) is 2.70. The molecule has 1 aliphatic rings. The maximum atomic E-state index is 12.0. The van der Waals surface area contributed by atoms with E-state index in [-0.39, 0.29) is 11.9 Å². The summed E-state index contributed by atoms with van der Waals surface area (Å²) >= 11 is 1.68. The van der Waals surface area contributed by atoms with Crippen LogP contribution in [0, 0.1) is 6.92 Å². The predicted molar refractivity (Wildman–Crippen MR) is 82.9 cm³/mol. The molecule has 1 amide bonds. The Morgan fingerprint density at radius 2 is 2.10 bits per heavy atom. The highest BCUT2D eigenvalue weighted by Crippen LogP contribution is 2.19. The van der Waals surface area contributed by atoms with Crippen LogP contribution in [0.4, 0.5) is 0 Å². The summed E-state index contributed by atoms with van der Waals surface area (Å²) in [5.74, 6) is 0.108. The van der Waals surface area contributed by atoms with E-state index in [0.29, 0.717) is 12.6 Å². The van der Waals surface area contributed by atoms with Crippen LogP contribution in [-0.2, 0) is 4.79 Å². The van der Waals surface area contributed by atoms with Gasteiger partial charge in [-0.05, 0) is 26.7 Å². The van der Waals surface area contributed by atoms with Crippen LogP contribution in [0.5, 0.6) is 0 Å². The second kappa shape index (κ2) is 7.74. The van der Waals surface area contributed by atoms with Gasteiger partial charge in [-0.15, -0.1) is 11.3 Å². The molecular weight excluding hydrogens is 270 g/mol. The Balaban J connectivity index is 1.71. The van der Waals surface area contributed by atoms with Crippen LogP contribution in [0.25, 0.3) is 0 Å². The highest BCUT2D eigenvalue weighted by Gasteiger charge is 2.16. The quantitative estimate of drug-likeness (QED) is 0.821. The minimum Gasteiger partial charge on any atom is -0.352 e. The maximum Gasteiger partial charge on any atom is 0.234 e.